The molecule has 0 unspecified atom stereocenters. The number of non-ortho nitro benzene ring substituents is 1. The number of nitrogens with zero attached hydrogens (tertiary/aromatic N) is 2. The van der Waals surface area contributed by atoms with Crippen molar-refractivity contribution >= 4 is 35.5 Å². The second kappa shape index (κ2) is 9.07. The zero-order valence-corrected chi connectivity index (χ0v) is 18.0. The van der Waals surface area contributed by atoms with Gasteiger partial charge >= 0.3 is 6.03 Å². The van der Waals surface area contributed by atoms with Crippen LogP contribution in [0.4, 0.5) is 10.5 Å². The van der Waals surface area contributed by atoms with Crippen molar-refractivity contribution in [2.45, 2.75) is 23.3 Å². The third-order valence-electron chi connectivity index (χ3n) is 4.90. The van der Waals surface area contributed by atoms with Crippen molar-refractivity contribution in [2.75, 3.05) is 0 Å². The Labute approximate surface area is 188 Å². The molecule has 1 N–H and O–H groups in total. The minimum absolute atomic E-state index is 0.0339. The summed E-state index contributed by atoms with van der Waals surface area (Å²) >= 11 is 1.65. The summed E-state index contributed by atoms with van der Waals surface area (Å²) < 4.78 is 0. The Balaban J connectivity index is 1.43. The van der Waals surface area contributed by atoms with Crippen LogP contribution in [-0.4, -0.2) is 21.8 Å². The molecule has 0 saturated carbocycles. The first-order valence-electron chi connectivity index (χ1n) is 9.81. The fraction of sp³-hybridized carbons (Fsp3) is 0.0833. The fourth-order valence-electron chi connectivity index (χ4n) is 3.16. The largest absolute Gasteiger partial charge is 0.329 e. The Morgan fingerprint density at radius 2 is 1.53 bits per heavy atom. The number of nitrogens with one attached hydrogen (secondary N) is 1. The Morgan fingerprint density at radius 1 is 0.938 bits per heavy atom. The number of hydrogen-bond donors (Lipinski definition) is 1. The average Bonchev–Trinajstić information content (AvgIpc) is 3.04. The molecule has 0 atom stereocenters. The van der Waals surface area contributed by atoms with Crippen LogP contribution < -0.4 is 5.32 Å². The number of nitro benzene ring substituents is 1. The van der Waals surface area contributed by atoms with Gasteiger partial charge in [0.05, 0.1) is 11.5 Å². The highest BCUT2D eigenvalue weighted by molar-refractivity contribution is 7.99. The average molecular weight is 446 g/mol. The van der Waals surface area contributed by atoms with E-state index < -0.39 is 16.9 Å². The highest BCUT2D eigenvalue weighted by Gasteiger charge is 2.33. The fourth-order valence-corrected chi connectivity index (χ4v) is 3.98. The highest BCUT2D eigenvalue weighted by Crippen LogP contribution is 2.28. The molecule has 0 bridgehead atoms. The zero-order valence-electron chi connectivity index (χ0n) is 17.1. The van der Waals surface area contributed by atoms with Gasteiger partial charge in [-0.25, -0.2) is 4.79 Å². The molecule has 1 fully saturated rings. The third kappa shape index (κ3) is 4.87. The van der Waals surface area contributed by atoms with Crippen molar-refractivity contribution in [1.29, 1.82) is 0 Å². The van der Waals surface area contributed by atoms with E-state index in [-0.39, 0.29) is 17.9 Å². The molecule has 3 amide bonds. The topological polar surface area (TPSA) is 92.6 Å². The molecule has 0 aliphatic carbocycles. The lowest BCUT2D eigenvalue weighted by Crippen LogP contribution is -2.30. The van der Waals surface area contributed by atoms with Gasteiger partial charge in [0.15, 0.2) is 0 Å². The molecular formula is C24H19N3O4S. The molecular weight excluding hydrogens is 426 g/mol. The minimum atomic E-state index is -0.522. The minimum Gasteiger partial charge on any atom is -0.303 e. The van der Waals surface area contributed by atoms with Gasteiger partial charge in [0, 0.05) is 21.9 Å². The van der Waals surface area contributed by atoms with Crippen LogP contribution in [-0.2, 0) is 11.3 Å². The van der Waals surface area contributed by atoms with Gasteiger partial charge in [-0.1, -0.05) is 53.7 Å². The van der Waals surface area contributed by atoms with Crippen LogP contribution in [0.3, 0.4) is 0 Å². The maximum Gasteiger partial charge on any atom is 0.329 e. The van der Waals surface area contributed by atoms with E-state index in [0.29, 0.717) is 5.56 Å². The standard InChI is InChI=1S/C24H19N3O4S/c1-16-2-10-20(11-3-16)32-21-12-6-17(7-13-21)14-22-23(28)26(24(29)25-22)15-18-4-8-19(9-5-18)27(30)31/h2-14H,15H2,1H3,(H,25,29)/b22-14-. The number of nitro groups is 1. The number of urea groups is 1. The molecule has 1 heterocycles. The molecule has 3 aromatic rings. The Bertz CT molecular complexity index is 1200. The third-order valence-corrected chi connectivity index (χ3v) is 5.91. The van der Waals surface area contributed by atoms with Crippen LogP contribution in [0.25, 0.3) is 6.08 Å². The normalized spacial score (nSPS) is 14.7. The number of rotatable bonds is 6. The first kappa shape index (κ1) is 21.3. The van der Waals surface area contributed by atoms with Crippen molar-refractivity contribution in [3.63, 3.8) is 0 Å². The number of hydrogen-bond acceptors (Lipinski definition) is 5. The molecule has 1 aliphatic rings. The van der Waals surface area contributed by atoms with Gasteiger partial charge in [-0.05, 0) is 48.4 Å². The Hall–Kier alpha value is -3.91. The van der Waals surface area contributed by atoms with Gasteiger partial charge in [0.2, 0.25) is 0 Å². The van der Waals surface area contributed by atoms with E-state index in [4.69, 9.17) is 0 Å². The van der Waals surface area contributed by atoms with E-state index >= 15 is 0 Å². The van der Waals surface area contributed by atoms with E-state index in [1.165, 1.54) is 29.8 Å². The number of benzene rings is 3. The molecule has 0 aromatic heterocycles. The van der Waals surface area contributed by atoms with E-state index in [9.17, 15) is 19.7 Å². The van der Waals surface area contributed by atoms with Crippen LogP contribution in [0, 0.1) is 17.0 Å². The molecule has 1 aliphatic heterocycles. The van der Waals surface area contributed by atoms with E-state index in [1.807, 2.05) is 31.2 Å². The first-order chi connectivity index (χ1) is 15.4. The first-order valence-corrected chi connectivity index (χ1v) is 10.6. The summed E-state index contributed by atoms with van der Waals surface area (Å²) in [5, 5.41) is 13.4. The predicted molar refractivity (Wildman–Crippen MR) is 122 cm³/mol. The molecule has 0 radical (unpaired) electrons. The van der Waals surface area contributed by atoms with Gasteiger partial charge in [-0.15, -0.1) is 0 Å². The number of aryl methyl sites for hydroxylation is 1. The second-order valence-corrected chi connectivity index (χ2v) is 8.43. The summed E-state index contributed by atoms with van der Waals surface area (Å²) in [7, 11) is 0. The van der Waals surface area contributed by atoms with Crippen molar-refractivity contribution < 1.29 is 14.5 Å². The maximum absolute atomic E-state index is 12.7. The van der Waals surface area contributed by atoms with Gasteiger partial charge in [0.25, 0.3) is 11.6 Å². The smallest absolute Gasteiger partial charge is 0.303 e. The summed E-state index contributed by atoms with van der Waals surface area (Å²) in [5.74, 6) is -0.438. The van der Waals surface area contributed by atoms with Gasteiger partial charge in [-0.3, -0.25) is 19.8 Å². The zero-order chi connectivity index (χ0) is 22.7. The van der Waals surface area contributed by atoms with E-state index in [0.717, 1.165) is 20.3 Å². The molecule has 4 rings (SSSR count). The molecule has 3 aromatic carbocycles. The lowest BCUT2D eigenvalue weighted by molar-refractivity contribution is -0.384. The lowest BCUT2D eigenvalue weighted by atomic mass is 10.2. The molecule has 7 nitrogen and oxygen atoms in total. The maximum atomic E-state index is 12.7. The summed E-state index contributed by atoms with van der Waals surface area (Å²) in [6.07, 6.45) is 1.64. The monoisotopic (exact) mass is 445 g/mol. The lowest BCUT2D eigenvalue weighted by Gasteiger charge is -2.11. The summed E-state index contributed by atoms with van der Waals surface area (Å²) in [4.78, 5) is 38.5. The van der Waals surface area contributed by atoms with Crippen molar-refractivity contribution in [3.05, 3.63) is 105 Å². The molecule has 8 heteroatoms. The number of carbonyl (C=O) groups is 2. The number of imide groups is 1. The van der Waals surface area contributed by atoms with Crippen molar-refractivity contribution in [1.82, 2.24) is 10.2 Å². The predicted octanol–water partition coefficient (Wildman–Crippen LogP) is 5.15. The van der Waals surface area contributed by atoms with Gasteiger partial charge < -0.3 is 5.32 Å². The molecule has 0 spiro atoms. The van der Waals surface area contributed by atoms with Crippen LogP contribution in [0.15, 0.2) is 88.3 Å². The van der Waals surface area contributed by atoms with Crippen LogP contribution in [0.2, 0.25) is 0 Å². The number of carbonyl (C=O) groups excluding carboxylic acids is 2. The van der Waals surface area contributed by atoms with Crippen LogP contribution in [0.5, 0.6) is 0 Å². The summed E-state index contributed by atoms with van der Waals surface area (Å²) in [5.41, 5.74) is 2.77. The van der Waals surface area contributed by atoms with Crippen LogP contribution in [0.1, 0.15) is 16.7 Å². The van der Waals surface area contributed by atoms with E-state index in [2.05, 4.69) is 29.6 Å². The summed E-state index contributed by atoms with van der Waals surface area (Å²) in [6, 6.07) is 21.2. The Kier molecular flexibility index (Phi) is 6.04. The van der Waals surface area contributed by atoms with Crippen molar-refractivity contribution in [2.24, 2.45) is 0 Å². The molecule has 32 heavy (non-hydrogen) atoms. The molecule has 1 saturated heterocycles. The SMILES string of the molecule is Cc1ccc(Sc2ccc(/C=C3\NC(=O)N(Cc4ccc([N+](=O)[O-])cc4)C3=O)cc2)cc1. The highest BCUT2D eigenvalue weighted by atomic mass is 32.2. The number of amides is 3. The van der Waals surface area contributed by atoms with Crippen molar-refractivity contribution in [3.8, 4) is 0 Å². The van der Waals surface area contributed by atoms with E-state index in [1.54, 1.807) is 17.8 Å². The quantitative estimate of drug-likeness (QED) is 0.245. The molecule has 160 valence electrons. The van der Waals surface area contributed by atoms with Gasteiger partial charge in [-0.2, -0.15) is 0 Å². The van der Waals surface area contributed by atoms with Gasteiger partial charge in [0.1, 0.15) is 5.70 Å². The van der Waals surface area contributed by atoms with Crippen LogP contribution >= 0.6 is 11.8 Å². The second-order valence-electron chi connectivity index (χ2n) is 7.29. The Morgan fingerprint density at radius 3 is 2.12 bits per heavy atom. The summed E-state index contributed by atoms with van der Waals surface area (Å²) in [6.45, 7) is 2.08.